The molecule has 0 aromatic heterocycles. The van der Waals surface area contributed by atoms with E-state index >= 15 is 0 Å². The van der Waals surface area contributed by atoms with Crippen LogP contribution in [0.3, 0.4) is 0 Å². The van der Waals surface area contributed by atoms with Gasteiger partial charge in [-0.2, -0.15) is 0 Å². The van der Waals surface area contributed by atoms with Crippen LogP contribution >= 0.6 is 12.4 Å². The highest BCUT2D eigenvalue weighted by Crippen LogP contribution is 2.11. The van der Waals surface area contributed by atoms with Gasteiger partial charge in [-0.05, 0) is 13.1 Å². The van der Waals surface area contributed by atoms with Crippen molar-refractivity contribution in [2.45, 2.75) is 6.54 Å². The molecule has 6 heteroatoms. The van der Waals surface area contributed by atoms with Crippen molar-refractivity contribution in [2.24, 2.45) is 0 Å². The molecule has 3 nitrogen and oxygen atoms in total. The number of carbonyl (C=O) groups excluding carboxylic acids is 1. The molecule has 0 heterocycles. The Morgan fingerprint density at radius 3 is 2.59 bits per heavy atom. The van der Waals surface area contributed by atoms with Gasteiger partial charge in [0.25, 0.3) is 0 Å². The summed E-state index contributed by atoms with van der Waals surface area (Å²) in [6, 6.07) is 3.33. The molecule has 0 saturated heterocycles. The lowest BCUT2D eigenvalue weighted by Gasteiger charge is -2.17. The first kappa shape index (κ1) is 15.8. The highest BCUT2D eigenvalue weighted by atomic mass is 35.5. The average Bonchev–Trinajstić information content (AvgIpc) is 2.22. The molecule has 0 aliphatic carbocycles. The van der Waals surface area contributed by atoms with Gasteiger partial charge in [0.15, 0.2) is 0 Å². The lowest BCUT2D eigenvalue weighted by atomic mass is 10.2. The highest BCUT2D eigenvalue weighted by molar-refractivity contribution is 5.85. The van der Waals surface area contributed by atoms with Crippen molar-refractivity contribution in [3.8, 4) is 0 Å². The Hall–Kier alpha value is -1.20. The maximum atomic E-state index is 13.3. The third kappa shape index (κ3) is 4.66. The molecule has 0 atom stereocenters. The molecule has 96 valence electrons. The fraction of sp³-hybridized carbons (Fsp3) is 0.364. The van der Waals surface area contributed by atoms with E-state index in [0.29, 0.717) is 5.56 Å². The van der Waals surface area contributed by atoms with Crippen molar-refractivity contribution >= 4 is 18.3 Å². The fourth-order valence-corrected chi connectivity index (χ4v) is 1.28. The number of nitrogens with zero attached hydrogens (tertiary/aromatic N) is 1. The molecule has 0 aliphatic rings. The zero-order chi connectivity index (χ0) is 12.1. The molecular formula is C11H15ClF2N2O. The summed E-state index contributed by atoms with van der Waals surface area (Å²) in [7, 11) is 3.23. The molecule has 1 N–H and O–H groups in total. The number of hydrogen-bond acceptors (Lipinski definition) is 2. The van der Waals surface area contributed by atoms with Crippen molar-refractivity contribution in [1.29, 1.82) is 0 Å². The average molecular weight is 265 g/mol. The number of likely N-dealkylation sites (N-methyl/N-ethyl adjacent to an activating group) is 2. The van der Waals surface area contributed by atoms with Crippen molar-refractivity contribution in [1.82, 2.24) is 10.2 Å². The molecule has 17 heavy (non-hydrogen) atoms. The third-order valence-corrected chi connectivity index (χ3v) is 2.18. The van der Waals surface area contributed by atoms with Crippen LogP contribution in [0.2, 0.25) is 0 Å². The number of hydrogen-bond donors (Lipinski definition) is 1. The normalized spacial score (nSPS) is 9.65. The van der Waals surface area contributed by atoms with Gasteiger partial charge in [0.2, 0.25) is 5.91 Å². The summed E-state index contributed by atoms with van der Waals surface area (Å²) in [6.07, 6.45) is 0. The Labute approximate surface area is 105 Å². The van der Waals surface area contributed by atoms with Crippen LogP contribution in [-0.2, 0) is 11.3 Å². The van der Waals surface area contributed by atoms with Crippen LogP contribution in [0.15, 0.2) is 18.2 Å². The van der Waals surface area contributed by atoms with Crippen molar-refractivity contribution in [2.75, 3.05) is 20.6 Å². The Bertz CT molecular complexity index is 388. The van der Waals surface area contributed by atoms with Gasteiger partial charge in [0, 0.05) is 25.2 Å². The minimum absolute atomic E-state index is 0. The van der Waals surface area contributed by atoms with Crippen LogP contribution in [0.25, 0.3) is 0 Å². The second kappa shape index (κ2) is 7.19. The fourth-order valence-electron chi connectivity index (χ4n) is 1.28. The molecule has 1 aromatic rings. The summed E-state index contributed by atoms with van der Waals surface area (Å²) in [4.78, 5) is 12.8. The number of halogens is 3. The molecule has 0 saturated carbocycles. The third-order valence-electron chi connectivity index (χ3n) is 2.18. The molecule has 0 radical (unpaired) electrons. The van der Waals surface area contributed by atoms with Crippen LogP contribution in [0, 0.1) is 11.6 Å². The van der Waals surface area contributed by atoms with E-state index in [0.717, 1.165) is 6.07 Å². The molecule has 0 spiro atoms. The summed E-state index contributed by atoms with van der Waals surface area (Å²) < 4.78 is 25.9. The summed E-state index contributed by atoms with van der Waals surface area (Å²) in [5.74, 6) is -1.40. The smallest absolute Gasteiger partial charge is 0.236 e. The summed E-state index contributed by atoms with van der Waals surface area (Å²) in [5, 5.41) is 2.71. The first-order chi connectivity index (χ1) is 7.54. The standard InChI is InChI=1S/C11H14F2N2O.ClH/c1-14-6-11(16)15(2)7-8-3-4-9(12)5-10(8)13;/h3-5,14H,6-7H2,1-2H3;1H. The van der Waals surface area contributed by atoms with Crippen molar-refractivity contribution in [3.63, 3.8) is 0 Å². The molecular weight excluding hydrogens is 250 g/mol. The van der Waals surface area contributed by atoms with Gasteiger partial charge in [-0.3, -0.25) is 4.79 Å². The minimum atomic E-state index is -0.635. The van der Waals surface area contributed by atoms with E-state index in [-0.39, 0.29) is 31.4 Å². The lowest BCUT2D eigenvalue weighted by molar-refractivity contribution is -0.129. The number of nitrogens with one attached hydrogen (secondary N) is 1. The van der Waals surface area contributed by atoms with Crippen LogP contribution < -0.4 is 5.32 Å². The Morgan fingerprint density at radius 1 is 1.41 bits per heavy atom. The molecule has 0 aliphatic heterocycles. The molecule has 1 aromatic carbocycles. The van der Waals surface area contributed by atoms with Gasteiger partial charge in [0.05, 0.1) is 6.54 Å². The highest BCUT2D eigenvalue weighted by Gasteiger charge is 2.11. The van der Waals surface area contributed by atoms with Gasteiger partial charge in [-0.25, -0.2) is 8.78 Å². The van der Waals surface area contributed by atoms with Gasteiger partial charge < -0.3 is 10.2 Å². The van der Waals surface area contributed by atoms with E-state index in [4.69, 9.17) is 0 Å². The predicted molar refractivity (Wildman–Crippen MR) is 64.0 cm³/mol. The minimum Gasteiger partial charge on any atom is -0.340 e. The topological polar surface area (TPSA) is 32.3 Å². The quantitative estimate of drug-likeness (QED) is 0.895. The maximum absolute atomic E-state index is 13.3. The van der Waals surface area contributed by atoms with Crippen molar-refractivity contribution < 1.29 is 13.6 Å². The Morgan fingerprint density at radius 2 is 2.06 bits per heavy atom. The van der Waals surface area contributed by atoms with Crippen LogP contribution in [0.4, 0.5) is 8.78 Å². The van der Waals surface area contributed by atoms with E-state index in [1.807, 2.05) is 0 Å². The maximum Gasteiger partial charge on any atom is 0.236 e. The second-order valence-corrected chi connectivity index (χ2v) is 3.52. The summed E-state index contributed by atoms with van der Waals surface area (Å²) >= 11 is 0. The summed E-state index contributed by atoms with van der Waals surface area (Å²) in [5.41, 5.74) is 0.299. The van der Waals surface area contributed by atoms with E-state index in [1.165, 1.54) is 17.0 Å². The number of amides is 1. The Kier molecular flexibility index (Phi) is 6.68. The zero-order valence-corrected chi connectivity index (χ0v) is 10.5. The Balaban J connectivity index is 0.00000256. The molecule has 1 amide bonds. The van der Waals surface area contributed by atoms with Crippen LogP contribution in [-0.4, -0.2) is 31.4 Å². The van der Waals surface area contributed by atoms with E-state index in [1.54, 1.807) is 14.1 Å². The van der Waals surface area contributed by atoms with Gasteiger partial charge in [-0.15, -0.1) is 12.4 Å². The van der Waals surface area contributed by atoms with Gasteiger partial charge >= 0.3 is 0 Å². The van der Waals surface area contributed by atoms with Crippen LogP contribution in [0.1, 0.15) is 5.56 Å². The van der Waals surface area contributed by atoms with E-state index < -0.39 is 11.6 Å². The first-order valence-corrected chi connectivity index (χ1v) is 4.87. The van der Waals surface area contributed by atoms with Crippen molar-refractivity contribution in [3.05, 3.63) is 35.4 Å². The first-order valence-electron chi connectivity index (χ1n) is 4.87. The van der Waals surface area contributed by atoms with Crippen LogP contribution in [0.5, 0.6) is 0 Å². The van der Waals surface area contributed by atoms with Gasteiger partial charge in [0.1, 0.15) is 11.6 Å². The lowest BCUT2D eigenvalue weighted by Crippen LogP contribution is -2.33. The largest absolute Gasteiger partial charge is 0.340 e. The molecule has 0 bridgehead atoms. The molecule has 1 rings (SSSR count). The second-order valence-electron chi connectivity index (χ2n) is 3.52. The number of carbonyl (C=O) groups is 1. The SMILES string of the molecule is CNCC(=O)N(C)Cc1ccc(F)cc1F.Cl. The monoisotopic (exact) mass is 264 g/mol. The zero-order valence-electron chi connectivity index (χ0n) is 9.67. The predicted octanol–water partition coefficient (Wildman–Crippen LogP) is 1.56. The summed E-state index contributed by atoms with van der Waals surface area (Å²) in [6.45, 7) is 0.325. The van der Waals surface area contributed by atoms with E-state index in [2.05, 4.69) is 5.32 Å². The number of benzene rings is 1. The van der Waals surface area contributed by atoms with Gasteiger partial charge in [-0.1, -0.05) is 6.07 Å². The number of rotatable bonds is 4. The molecule has 0 unspecified atom stereocenters. The molecule has 0 fully saturated rings. The van der Waals surface area contributed by atoms with E-state index in [9.17, 15) is 13.6 Å².